The predicted molar refractivity (Wildman–Crippen MR) is 280 cm³/mol. The van der Waals surface area contributed by atoms with Gasteiger partial charge in [0.1, 0.15) is 11.2 Å². The Kier molecular flexibility index (Phi) is 9.11. The summed E-state index contributed by atoms with van der Waals surface area (Å²) in [5.41, 5.74) is 18.9. The first kappa shape index (κ1) is 38.7. The second-order valence-corrected chi connectivity index (χ2v) is 17.5. The molecule has 2 nitrogen and oxygen atoms in total. The molecule has 12 aromatic rings. The SMILES string of the molecule is c1ccc(-c2cccc(N(c3ccc4c(c3)C(c3ccccc3)(c3ccccc3)c3ccccc3-4)c3cc4c(oc5cccc(-c6ccccc6-c6ccccc6)c54)c4ccccc34)c2)cc1. The molecule has 0 bridgehead atoms. The average Bonchev–Trinajstić information content (AvgIpc) is 3.94. The lowest BCUT2D eigenvalue weighted by molar-refractivity contribution is 0.673. The van der Waals surface area contributed by atoms with Gasteiger partial charge in [0.05, 0.1) is 11.1 Å². The first-order valence-corrected chi connectivity index (χ1v) is 23.1. The lowest BCUT2D eigenvalue weighted by Gasteiger charge is -2.35. The minimum atomic E-state index is -0.560. The summed E-state index contributed by atoms with van der Waals surface area (Å²) >= 11 is 0. The van der Waals surface area contributed by atoms with Gasteiger partial charge in [-0.05, 0) is 103 Å². The number of anilines is 3. The number of furan rings is 1. The minimum absolute atomic E-state index is 0.560. The van der Waals surface area contributed by atoms with Crippen molar-refractivity contribution in [2.24, 2.45) is 0 Å². The maximum atomic E-state index is 7.00. The molecule has 1 aromatic heterocycles. The third-order valence-electron chi connectivity index (χ3n) is 13.9. The van der Waals surface area contributed by atoms with Gasteiger partial charge in [-0.1, -0.05) is 224 Å². The number of hydrogen-bond donors (Lipinski definition) is 0. The fourth-order valence-corrected chi connectivity index (χ4v) is 11.1. The molecule has 0 fully saturated rings. The van der Waals surface area contributed by atoms with Crippen molar-refractivity contribution in [2.75, 3.05) is 4.90 Å². The van der Waals surface area contributed by atoms with E-state index in [1.165, 1.54) is 55.6 Å². The number of nitrogens with zero attached hydrogens (tertiary/aromatic N) is 1. The van der Waals surface area contributed by atoms with Crippen LogP contribution in [0.5, 0.6) is 0 Å². The zero-order valence-electron chi connectivity index (χ0n) is 36.7. The van der Waals surface area contributed by atoms with Crippen molar-refractivity contribution in [3.8, 4) is 44.5 Å². The molecule has 0 spiro atoms. The van der Waals surface area contributed by atoms with Gasteiger partial charge in [-0.25, -0.2) is 0 Å². The molecule has 1 aliphatic rings. The van der Waals surface area contributed by atoms with Crippen LogP contribution in [-0.4, -0.2) is 0 Å². The highest BCUT2D eigenvalue weighted by molar-refractivity contribution is 6.23. The molecule has 67 heavy (non-hydrogen) atoms. The van der Waals surface area contributed by atoms with Crippen molar-refractivity contribution in [3.05, 3.63) is 283 Å². The fourth-order valence-electron chi connectivity index (χ4n) is 11.1. The number of rotatable bonds is 8. The molecule has 2 heteroatoms. The molecule has 0 radical (unpaired) electrons. The molecule has 1 heterocycles. The first-order valence-electron chi connectivity index (χ1n) is 23.1. The van der Waals surface area contributed by atoms with Crippen LogP contribution in [0.2, 0.25) is 0 Å². The van der Waals surface area contributed by atoms with Crippen LogP contribution >= 0.6 is 0 Å². The van der Waals surface area contributed by atoms with E-state index in [2.05, 4.69) is 266 Å². The molecule has 0 aliphatic heterocycles. The van der Waals surface area contributed by atoms with E-state index in [4.69, 9.17) is 4.42 Å². The maximum absolute atomic E-state index is 7.00. The van der Waals surface area contributed by atoms with E-state index in [0.29, 0.717) is 0 Å². The summed E-state index contributed by atoms with van der Waals surface area (Å²) in [5, 5.41) is 4.34. The fraction of sp³-hybridized carbons (Fsp3) is 0.0154. The Hall–Kier alpha value is -8.72. The highest BCUT2D eigenvalue weighted by atomic mass is 16.3. The van der Waals surface area contributed by atoms with Crippen molar-refractivity contribution in [1.82, 2.24) is 0 Å². The second-order valence-electron chi connectivity index (χ2n) is 17.5. The molecule has 0 saturated carbocycles. The highest BCUT2D eigenvalue weighted by Gasteiger charge is 2.46. The molecule has 1 aliphatic carbocycles. The van der Waals surface area contributed by atoms with Crippen LogP contribution in [0, 0.1) is 0 Å². The van der Waals surface area contributed by atoms with Gasteiger partial charge in [0.15, 0.2) is 0 Å². The minimum Gasteiger partial charge on any atom is -0.455 e. The van der Waals surface area contributed by atoms with Crippen LogP contribution in [0.3, 0.4) is 0 Å². The molecule has 11 aromatic carbocycles. The lowest BCUT2D eigenvalue weighted by atomic mass is 9.67. The monoisotopic (exact) mass is 853 g/mol. The largest absolute Gasteiger partial charge is 0.455 e. The van der Waals surface area contributed by atoms with E-state index >= 15 is 0 Å². The van der Waals surface area contributed by atoms with Crippen molar-refractivity contribution in [2.45, 2.75) is 5.41 Å². The zero-order chi connectivity index (χ0) is 44.3. The summed E-state index contributed by atoms with van der Waals surface area (Å²) < 4.78 is 7.00. The van der Waals surface area contributed by atoms with Crippen LogP contribution in [0.4, 0.5) is 17.1 Å². The Morgan fingerprint density at radius 2 is 0.851 bits per heavy atom. The summed E-state index contributed by atoms with van der Waals surface area (Å²) in [6.45, 7) is 0. The summed E-state index contributed by atoms with van der Waals surface area (Å²) in [4.78, 5) is 2.48. The summed E-state index contributed by atoms with van der Waals surface area (Å²) in [5.74, 6) is 0. The van der Waals surface area contributed by atoms with Gasteiger partial charge in [-0.3, -0.25) is 0 Å². The Morgan fingerprint density at radius 3 is 1.58 bits per heavy atom. The Balaban J connectivity index is 1.12. The topological polar surface area (TPSA) is 16.4 Å². The summed E-state index contributed by atoms with van der Waals surface area (Å²) in [6, 6.07) is 95.0. The quantitative estimate of drug-likeness (QED) is 0.151. The van der Waals surface area contributed by atoms with Crippen LogP contribution < -0.4 is 4.90 Å². The van der Waals surface area contributed by atoms with E-state index < -0.39 is 5.41 Å². The molecule has 314 valence electrons. The van der Waals surface area contributed by atoms with Crippen molar-refractivity contribution >= 4 is 49.8 Å². The van der Waals surface area contributed by atoms with Gasteiger partial charge < -0.3 is 9.32 Å². The van der Waals surface area contributed by atoms with E-state index in [-0.39, 0.29) is 0 Å². The van der Waals surface area contributed by atoms with E-state index in [0.717, 1.165) is 60.9 Å². The average molecular weight is 854 g/mol. The number of fused-ring (bicyclic) bond motifs is 8. The molecule has 0 N–H and O–H groups in total. The van der Waals surface area contributed by atoms with Gasteiger partial charge in [-0.2, -0.15) is 0 Å². The van der Waals surface area contributed by atoms with E-state index in [9.17, 15) is 0 Å². The molecular formula is C65H43NO. The normalized spacial score (nSPS) is 12.6. The first-order chi connectivity index (χ1) is 33.3. The second kappa shape index (κ2) is 15.8. The third kappa shape index (κ3) is 6.11. The standard InChI is InChI=1S/C65H43NO/c1-5-21-44(22-6-1)46-25-19-30-49(41-46)66(50-39-40-54-53-33-17-18-37-59(53)65(60(54)42-50,47-26-9-3-10-27-47)48-28-11-4-12-29-48)61-43-58-63-56(52-32-14-13-31-51(52)45-23-7-2-8-24-45)36-20-38-62(63)67-64(58)57-35-16-15-34-55(57)61/h1-43H. The molecule has 0 unspecified atom stereocenters. The molecule has 0 atom stereocenters. The predicted octanol–water partition coefficient (Wildman–Crippen LogP) is 17.6. The highest BCUT2D eigenvalue weighted by Crippen LogP contribution is 2.58. The van der Waals surface area contributed by atoms with Crippen LogP contribution in [-0.2, 0) is 5.41 Å². The van der Waals surface area contributed by atoms with Crippen molar-refractivity contribution in [1.29, 1.82) is 0 Å². The van der Waals surface area contributed by atoms with Crippen LogP contribution in [0.15, 0.2) is 265 Å². The van der Waals surface area contributed by atoms with Gasteiger partial charge in [0.25, 0.3) is 0 Å². The smallest absolute Gasteiger partial charge is 0.143 e. The van der Waals surface area contributed by atoms with E-state index in [1.54, 1.807) is 0 Å². The van der Waals surface area contributed by atoms with E-state index in [1.807, 2.05) is 0 Å². The summed E-state index contributed by atoms with van der Waals surface area (Å²) in [6.07, 6.45) is 0. The molecule has 13 rings (SSSR count). The number of hydrogen-bond acceptors (Lipinski definition) is 2. The van der Waals surface area contributed by atoms with Crippen LogP contribution in [0.25, 0.3) is 77.2 Å². The molecular weight excluding hydrogens is 811 g/mol. The van der Waals surface area contributed by atoms with Crippen molar-refractivity contribution in [3.63, 3.8) is 0 Å². The Morgan fingerprint density at radius 1 is 0.313 bits per heavy atom. The van der Waals surface area contributed by atoms with Gasteiger partial charge >= 0.3 is 0 Å². The Labute approximate surface area is 390 Å². The molecule has 0 amide bonds. The number of benzene rings is 11. The summed E-state index contributed by atoms with van der Waals surface area (Å²) in [7, 11) is 0. The zero-order valence-corrected chi connectivity index (χ0v) is 36.7. The Bertz CT molecular complexity index is 3760. The van der Waals surface area contributed by atoms with Gasteiger partial charge in [0, 0.05) is 32.9 Å². The molecule has 0 saturated heterocycles. The maximum Gasteiger partial charge on any atom is 0.143 e. The van der Waals surface area contributed by atoms with Crippen molar-refractivity contribution < 1.29 is 4.42 Å². The third-order valence-corrected chi connectivity index (χ3v) is 13.9. The van der Waals surface area contributed by atoms with Gasteiger partial charge in [0.2, 0.25) is 0 Å². The lowest BCUT2D eigenvalue weighted by Crippen LogP contribution is -2.28. The van der Waals surface area contributed by atoms with Gasteiger partial charge in [-0.15, -0.1) is 0 Å². The van der Waals surface area contributed by atoms with Crippen LogP contribution in [0.1, 0.15) is 22.3 Å².